The Hall–Kier alpha value is -0.610. The molecule has 1 fully saturated rings. The second-order valence-corrected chi connectivity index (χ2v) is 4.31. The molecule has 14 heavy (non-hydrogen) atoms. The molecule has 4 heteroatoms. The first kappa shape index (κ1) is 11.5. The first-order chi connectivity index (χ1) is 6.59. The Morgan fingerprint density at radius 1 is 1.64 bits per heavy atom. The molecule has 0 aromatic heterocycles. The Balaban J connectivity index is 2.20. The summed E-state index contributed by atoms with van der Waals surface area (Å²) in [6.07, 6.45) is 4.08. The van der Waals surface area contributed by atoms with Gasteiger partial charge >= 0.3 is 0 Å². The summed E-state index contributed by atoms with van der Waals surface area (Å²) in [5.74, 6) is 6.07. The Bertz CT molecular complexity index is 194. The first-order valence-corrected chi connectivity index (χ1v) is 5.29. The lowest BCUT2D eigenvalue weighted by Crippen LogP contribution is -2.35. The van der Waals surface area contributed by atoms with Crippen molar-refractivity contribution in [1.29, 1.82) is 0 Å². The summed E-state index contributed by atoms with van der Waals surface area (Å²) in [6, 6.07) is 0. The van der Waals surface area contributed by atoms with Gasteiger partial charge in [0.25, 0.3) is 0 Å². The lowest BCUT2D eigenvalue weighted by Gasteiger charge is -2.29. The molecule has 2 N–H and O–H groups in total. The monoisotopic (exact) mass is 199 g/mol. The lowest BCUT2D eigenvalue weighted by atomic mass is 9.93. The largest absolute Gasteiger partial charge is 0.306 e. The number of nitrogens with zero attached hydrogens (tertiary/aromatic N) is 2. The van der Waals surface area contributed by atoms with Crippen LogP contribution in [0.1, 0.15) is 25.7 Å². The molecule has 0 saturated carbocycles. The summed E-state index contributed by atoms with van der Waals surface area (Å²) >= 11 is 0. The third kappa shape index (κ3) is 3.64. The minimum atomic E-state index is 0.0400. The van der Waals surface area contributed by atoms with Crippen LogP contribution < -0.4 is 5.84 Å². The van der Waals surface area contributed by atoms with Crippen molar-refractivity contribution in [1.82, 2.24) is 9.91 Å². The average molecular weight is 199 g/mol. The van der Waals surface area contributed by atoms with Crippen molar-refractivity contribution in [2.75, 3.05) is 27.2 Å². The molecular weight excluding hydrogens is 178 g/mol. The standard InChI is InChI=1S/C10H21N3O/c1-12-7-3-4-9(8-12)5-6-10(14)13(2)11/h9H,3-8,11H2,1-2H3. The number of piperidine rings is 1. The van der Waals surface area contributed by atoms with E-state index < -0.39 is 0 Å². The van der Waals surface area contributed by atoms with Gasteiger partial charge in [0.2, 0.25) is 5.91 Å². The maximum atomic E-state index is 11.3. The molecule has 4 nitrogen and oxygen atoms in total. The van der Waals surface area contributed by atoms with Gasteiger partial charge in [-0.3, -0.25) is 9.80 Å². The van der Waals surface area contributed by atoms with Crippen LogP contribution in [-0.4, -0.2) is 43.0 Å². The van der Waals surface area contributed by atoms with E-state index in [1.807, 2.05) is 0 Å². The normalized spacial score (nSPS) is 23.5. The predicted molar refractivity (Wildman–Crippen MR) is 56.4 cm³/mol. The third-order valence-corrected chi connectivity index (χ3v) is 2.88. The molecule has 1 aliphatic rings. The van der Waals surface area contributed by atoms with Gasteiger partial charge in [-0.15, -0.1) is 0 Å². The summed E-state index contributed by atoms with van der Waals surface area (Å²) < 4.78 is 0. The highest BCUT2D eigenvalue weighted by Crippen LogP contribution is 2.19. The van der Waals surface area contributed by atoms with Gasteiger partial charge in [0.05, 0.1) is 0 Å². The van der Waals surface area contributed by atoms with Crippen LogP contribution in [0.5, 0.6) is 0 Å². The van der Waals surface area contributed by atoms with Crippen molar-refractivity contribution in [3.63, 3.8) is 0 Å². The van der Waals surface area contributed by atoms with Crippen LogP contribution >= 0.6 is 0 Å². The Morgan fingerprint density at radius 3 is 2.93 bits per heavy atom. The second kappa shape index (κ2) is 5.32. The highest BCUT2D eigenvalue weighted by atomic mass is 16.2. The van der Waals surface area contributed by atoms with Crippen LogP contribution in [-0.2, 0) is 4.79 Å². The van der Waals surface area contributed by atoms with Crippen molar-refractivity contribution in [3.05, 3.63) is 0 Å². The van der Waals surface area contributed by atoms with Gasteiger partial charge in [0, 0.05) is 20.0 Å². The van der Waals surface area contributed by atoms with E-state index in [1.165, 1.54) is 24.4 Å². The zero-order chi connectivity index (χ0) is 10.6. The van der Waals surface area contributed by atoms with E-state index >= 15 is 0 Å². The van der Waals surface area contributed by atoms with Crippen molar-refractivity contribution in [3.8, 4) is 0 Å². The summed E-state index contributed by atoms with van der Waals surface area (Å²) in [4.78, 5) is 13.6. The van der Waals surface area contributed by atoms with E-state index in [0.29, 0.717) is 12.3 Å². The van der Waals surface area contributed by atoms with Crippen molar-refractivity contribution in [2.45, 2.75) is 25.7 Å². The van der Waals surface area contributed by atoms with Crippen LogP contribution in [0.25, 0.3) is 0 Å². The zero-order valence-corrected chi connectivity index (χ0v) is 9.20. The van der Waals surface area contributed by atoms with E-state index in [9.17, 15) is 4.79 Å². The van der Waals surface area contributed by atoms with Crippen molar-refractivity contribution >= 4 is 5.91 Å². The number of nitrogens with two attached hydrogens (primary N) is 1. The van der Waals surface area contributed by atoms with E-state index in [-0.39, 0.29) is 5.91 Å². The number of hydrazine groups is 1. The van der Waals surface area contributed by atoms with Crippen LogP contribution in [0.15, 0.2) is 0 Å². The van der Waals surface area contributed by atoms with Crippen LogP contribution in [0, 0.1) is 5.92 Å². The summed E-state index contributed by atoms with van der Waals surface area (Å²) in [6.45, 7) is 2.32. The fourth-order valence-electron chi connectivity index (χ4n) is 2.01. The number of carbonyl (C=O) groups is 1. The quantitative estimate of drug-likeness (QED) is 0.407. The van der Waals surface area contributed by atoms with Gasteiger partial charge < -0.3 is 4.90 Å². The molecule has 0 spiro atoms. The molecule has 0 bridgehead atoms. The molecule has 1 rings (SSSR count). The summed E-state index contributed by atoms with van der Waals surface area (Å²) in [7, 11) is 3.75. The van der Waals surface area contributed by atoms with Crippen molar-refractivity contribution < 1.29 is 4.79 Å². The first-order valence-electron chi connectivity index (χ1n) is 5.29. The smallest absolute Gasteiger partial charge is 0.236 e. The lowest BCUT2D eigenvalue weighted by molar-refractivity contribution is -0.130. The SMILES string of the molecule is CN1CCCC(CCC(=O)N(C)N)C1. The summed E-state index contributed by atoms with van der Waals surface area (Å²) in [5, 5.41) is 1.19. The van der Waals surface area contributed by atoms with Crippen molar-refractivity contribution in [2.24, 2.45) is 11.8 Å². The molecule has 0 aromatic carbocycles. The molecular formula is C10H21N3O. The highest BCUT2D eigenvalue weighted by molar-refractivity contribution is 5.75. The van der Waals surface area contributed by atoms with Gasteiger partial charge in [-0.2, -0.15) is 0 Å². The summed E-state index contributed by atoms with van der Waals surface area (Å²) in [5.41, 5.74) is 0. The molecule has 1 saturated heterocycles. The number of amides is 1. The van der Waals surface area contributed by atoms with E-state index in [0.717, 1.165) is 13.0 Å². The van der Waals surface area contributed by atoms with E-state index in [1.54, 1.807) is 7.05 Å². The Labute approximate surface area is 86.0 Å². The van der Waals surface area contributed by atoms with Gasteiger partial charge in [0.1, 0.15) is 0 Å². The fraction of sp³-hybridized carbons (Fsp3) is 0.900. The zero-order valence-electron chi connectivity index (χ0n) is 9.20. The van der Waals surface area contributed by atoms with Gasteiger partial charge in [0.15, 0.2) is 0 Å². The minimum absolute atomic E-state index is 0.0400. The average Bonchev–Trinajstić information content (AvgIpc) is 2.14. The molecule has 1 aliphatic heterocycles. The maximum Gasteiger partial charge on any atom is 0.236 e. The minimum Gasteiger partial charge on any atom is -0.306 e. The van der Waals surface area contributed by atoms with Crippen LogP contribution in [0.2, 0.25) is 0 Å². The van der Waals surface area contributed by atoms with Gasteiger partial charge in [-0.25, -0.2) is 5.84 Å². The Morgan fingerprint density at radius 2 is 2.36 bits per heavy atom. The van der Waals surface area contributed by atoms with Gasteiger partial charge in [-0.1, -0.05) is 0 Å². The third-order valence-electron chi connectivity index (χ3n) is 2.88. The van der Waals surface area contributed by atoms with E-state index in [4.69, 9.17) is 5.84 Å². The van der Waals surface area contributed by atoms with Crippen LogP contribution in [0.4, 0.5) is 0 Å². The van der Waals surface area contributed by atoms with Crippen LogP contribution in [0.3, 0.4) is 0 Å². The molecule has 1 atom stereocenters. The molecule has 0 radical (unpaired) electrons. The molecule has 0 aliphatic carbocycles. The second-order valence-electron chi connectivity index (χ2n) is 4.31. The fourth-order valence-corrected chi connectivity index (χ4v) is 2.01. The maximum absolute atomic E-state index is 11.3. The topological polar surface area (TPSA) is 49.6 Å². The molecule has 0 aromatic rings. The molecule has 1 heterocycles. The molecule has 1 amide bonds. The molecule has 1 unspecified atom stereocenters. The Kier molecular flexibility index (Phi) is 4.35. The predicted octanol–water partition coefficient (Wildman–Crippen LogP) is 0.441. The molecule has 82 valence electrons. The number of rotatable bonds is 3. The number of hydrogen-bond acceptors (Lipinski definition) is 3. The van der Waals surface area contributed by atoms with Gasteiger partial charge in [-0.05, 0) is 38.8 Å². The number of hydrogen-bond donors (Lipinski definition) is 1. The number of likely N-dealkylation sites (tertiary alicyclic amines) is 1. The highest BCUT2D eigenvalue weighted by Gasteiger charge is 2.18. The van der Waals surface area contributed by atoms with E-state index in [2.05, 4.69) is 11.9 Å². The number of carbonyl (C=O) groups excluding carboxylic acids is 1.